The van der Waals surface area contributed by atoms with E-state index in [2.05, 4.69) is 30.3 Å². The minimum absolute atomic E-state index is 0.0239. The fourth-order valence-corrected chi connectivity index (χ4v) is 3.83. The standard InChI is InChI=1S/C16H24NO/c18-16-13-17(11-8-15(16)9-12-17)10-4-7-14-5-2-1-3-6-14/h1-3,5-6,15-16,18H,4,7-13H2/q+1/t15?,16-,17?/m0/s1. The lowest BCUT2D eigenvalue weighted by Crippen LogP contribution is -2.63. The smallest absolute Gasteiger partial charge is 0.106 e. The van der Waals surface area contributed by atoms with Gasteiger partial charge in [0.2, 0.25) is 0 Å². The Morgan fingerprint density at radius 1 is 1.11 bits per heavy atom. The number of aliphatic hydroxyl groups excluding tert-OH is 1. The van der Waals surface area contributed by atoms with Gasteiger partial charge in [-0.25, -0.2) is 0 Å². The lowest BCUT2D eigenvalue weighted by atomic mass is 9.83. The monoisotopic (exact) mass is 246 g/mol. The van der Waals surface area contributed by atoms with Gasteiger partial charge in [0.05, 0.1) is 19.6 Å². The Bertz CT molecular complexity index is 381. The van der Waals surface area contributed by atoms with Crippen LogP contribution in [0, 0.1) is 5.92 Å². The molecule has 3 fully saturated rings. The van der Waals surface area contributed by atoms with E-state index in [0.717, 1.165) is 6.54 Å². The number of aliphatic hydroxyl groups is 1. The van der Waals surface area contributed by atoms with Gasteiger partial charge in [-0.05, 0) is 12.0 Å². The van der Waals surface area contributed by atoms with Crippen LogP contribution in [0.3, 0.4) is 0 Å². The molecule has 18 heavy (non-hydrogen) atoms. The van der Waals surface area contributed by atoms with Crippen LogP contribution in [0.5, 0.6) is 0 Å². The lowest BCUT2D eigenvalue weighted by Gasteiger charge is -2.51. The first-order valence-electron chi connectivity index (χ1n) is 7.35. The molecule has 2 heteroatoms. The van der Waals surface area contributed by atoms with Gasteiger partial charge >= 0.3 is 0 Å². The molecule has 3 saturated heterocycles. The highest BCUT2D eigenvalue weighted by Gasteiger charge is 2.44. The van der Waals surface area contributed by atoms with Gasteiger partial charge in [0.25, 0.3) is 0 Å². The van der Waals surface area contributed by atoms with Gasteiger partial charge in [-0.2, -0.15) is 0 Å². The molecule has 3 heterocycles. The van der Waals surface area contributed by atoms with Gasteiger partial charge < -0.3 is 9.59 Å². The van der Waals surface area contributed by atoms with Crippen molar-refractivity contribution in [2.75, 3.05) is 26.2 Å². The summed E-state index contributed by atoms with van der Waals surface area (Å²) in [6.45, 7) is 4.87. The predicted octanol–water partition coefficient (Wildman–Crippen LogP) is 2.22. The second kappa shape index (κ2) is 5.02. The molecule has 4 rings (SSSR count). The molecule has 98 valence electrons. The molecular formula is C16H24NO+. The van der Waals surface area contributed by atoms with E-state index in [0.29, 0.717) is 5.92 Å². The summed E-state index contributed by atoms with van der Waals surface area (Å²) in [5, 5.41) is 10.1. The van der Waals surface area contributed by atoms with Crippen LogP contribution in [-0.2, 0) is 6.42 Å². The van der Waals surface area contributed by atoms with Crippen LogP contribution in [0.25, 0.3) is 0 Å². The first-order valence-corrected chi connectivity index (χ1v) is 7.35. The highest BCUT2D eigenvalue weighted by Crippen LogP contribution is 2.34. The SMILES string of the molecule is O[C@H]1C[N+]2(CCCc3ccccc3)CCC1CC2. The van der Waals surface area contributed by atoms with Crippen LogP contribution < -0.4 is 0 Å². The minimum atomic E-state index is -0.0239. The molecule has 3 aliphatic heterocycles. The highest BCUT2D eigenvalue weighted by atomic mass is 16.3. The second-order valence-electron chi connectivity index (χ2n) is 6.19. The zero-order valence-corrected chi connectivity index (χ0v) is 11.1. The van der Waals surface area contributed by atoms with Crippen molar-refractivity contribution in [1.29, 1.82) is 0 Å². The maximum atomic E-state index is 10.1. The van der Waals surface area contributed by atoms with Crippen molar-refractivity contribution in [1.82, 2.24) is 0 Å². The normalized spacial score (nSPS) is 34.7. The van der Waals surface area contributed by atoms with Gasteiger partial charge in [0.1, 0.15) is 12.6 Å². The van der Waals surface area contributed by atoms with E-state index in [9.17, 15) is 5.11 Å². The van der Waals surface area contributed by atoms with Gasteiger partial charge in [0, 0.05) is 25.2 Å². The summed E-state index contributed by atoms with van der Waals surface area (Å²) in [5.74, 6) is 0.610. The predicted molar refractivity (Wildman–Crippen MR) is 73.2 cm³/mol. The largest absolute Gasteiger partial charge is 0.387 e. The fourth-order valence-electron chi connectivity index (χ4n) is 3.83. The molecule has 2 nitrogen and oxygen atoms in total. The number of rotatable bonds is 4. The van der Waals surface area contributed by atoms with Gasteiger partial charge in [-0.3, -0.25) is 0 Å². The Hall–Kier alpha value is -0.860. The van der Waals surface area contributed by atoms with E-state index in [1.807, 2.05) is 0 Å². The quantitative estimate of drug-likeness (QED) is 0.808. The third-order valence-corrected chi connectivity index (χ3v) is 5.01. The molecule has 2 bridgehead atoms. The van der Waals surface area contributed by atoms with Crippen molar-refractivity contribution in [2.24, 2.45) is 5.92 Å². The van der Waals surface area contributed by atoms with Crippen molar-refractivity contribution in [3.8, 4) is 0 Å². The average molecular weight is 246 g/mol. The molecule has 0 aliphatic carbocycles. The van der Waals surface area contributed by atoms with E-state index in [4.69, 9.17) is 0 Å². The Morgan fingerprint density at radius 2 is 1.83 bits per heavy atom. The van der Waals surface area contributed by atoms with Gasteiger partial charge in [0.15, 0.2) is 0 Å². The first-order chi connectivity index (χ1) is 8.77. The highest BCUT2D eigenvalue weighted by molar-refractivity contribution is 5.14. The van der Waals surface area contributed by atoms with E-state index < -0.39 is 0 Å². The summed E-state index contributed by atoms with van der Waals surface area (Å²) >= 11 is 0. The van der Waals surface area contributed by atoms with Crippen molar-refractivity contribution in [2.45, 2.75) is 31.8 Å². The van der Waals surface area contributed by atoms with Crippen LogP contribution in [0.4, 0.5) is 0 Å². The second-order valence-corrected chi connectivity index (χ2v) is 6.19. The number of hydrogen-bond donors (Lipinski definition) is 1. The van der Waals surface area contributed by atoms with E-state index >= 15 is 0 Å². The van der Waals surface area contributed by atoms with Crippen LogP contribution in [0.1, 0.15) is 24.8 Å². The lowest BCUT2D eigenvalue weighted by molar-refractivity contribution is -0.946. The van der Waals surface area contributed by atoms with E-state index in [1.165, 1.54) is 55.4 Å². The molecule has 1 N–H and O–H groups in total. The molecule has 0 amide bonds. The number of quaternary nitrogens is 1. The third-order valence-electron chi connectivity index (χ3n) is 5.01. The maximum absolute atomic E-state index is 10.1. The summed E-state index contributed by atoms with van der Waals surface area (Å²) in [6, 6.07) is 10.8. The molecule has 0 unspecified atom stereocenters. The summed E-state index contributed by atoms with van der Waals surface area (Å²) in [6.07, 6.45) is 4.89. The molecular weight excluding hydrogens is 222 g/mol. The van der Waals surface area contributed by atoms with Gasteiger partial charge in [-0.1, -0.05) is 30.3 Å². The van der Waals surface area contributed by atoms with Crippen LogP contribution in [0.15, 0.2) is 30.3 Å². The Kier molecular flexibility index (Phi) is 3.40. The summed E-state index contributed by atoms with van der Waals surface area (Å²) in [5.41, 5.74) is 1.45. The molecule has 3 aliphatic rings. The third kappa shape index (κ3) is 2.45. The van der Waals surface area contributed by atoms with E-state index in [-0.39, 0.29) is 6.10 Å². The summed E-state index contributed by atoms with van der Waals surface area (Å²) in [7, 11) is 0. The Morgan fingerprint density at radius 3 is 2.50 bits per heavy atom. The average Bonchev–Trinajstić information content (AvgIpc) is 2.41. The zero-order chi connectivity index (χ0) is 12.4. The first kappa shape index (κ1) is 12.2. The Balaban J connectivity index is 1.53. The van der Waals surface area contributed by atoms with Crippen molar-refractivity contribution in [3.05, 3.63) is 35.9 Å². The van der Waals surface area contributed by atoms with Crippen LogP contribution in [-0.4, -0.2) is 41.9 Å². The number of nitrogens with zero attached hydrogens (tertiary/aromatic N) is 1. The molecule has 0 radical (unpaired) electrons. The van der Waals surface area contributed by atoms with Crippen molar-refractivity contribution in [3.63, 3.8) is 0 Å². The van der Waals surface area contributed by atoms with Crippen LogP contribution in [0.2, 0.25) is 0 Å². The molecule has 1 aromatic carbocycles. The number of hydrogen-bond acceptors (Lipinski definition) is 1. The number of benzene rings is 1. The summed E-state index contributed by atoms with van der Waals surface area (Å²) in [4.78, 5) is 0. The van der Waals surface area contributed by atoms with Crippen LogP contribution >= 0.6 is 0 Å². The van der Waals surface area contributed by atoms with Gasteiger partial charge in [-0.15, -0.1) is 0 Å². The fraction of sp³-hybridized carbons (Fsp3) is 0.625. The Labute approximate surface area is 110 Å². The molecule has 0 spiro atoms. The number of fused-ring (bicyclic) bond motifs is 3. The number of piperidine rings is 3. The molecule has 1 aromatic rings. The minimum Gasteiger partial charge on any atom is -0.387 e. The molecule has 0 saturated carbocycles. The van der Waals surface area contributed by atoms with Crippen molar-refractivity contribution < 1.29 is 9.59 Å². The molecule has 0 aromatic heterocycles. The van der Waals surface area contributed by atoms with Crippen molar-refractivity contribution >= 4 is 0 Å². The zero-order valence-electron chi connectivity index (χ0n) is 11.1. The number of aryl methyl sites for hydroxylation is 1. The molecule has 1 atom stereocenters. The summed E-state index contributed by atoms with van der Waals surface area (Å²) < 4.78 is 1.19. The topological polar surface area (TPSA) is 20.2 Å². The van der Waals surface area contributed by atoms with E-state index in [1.54, 1.807) is 0 Å². The maximum Gasteiger partial charge on any atom is 0.106 e.